The first-order valence-electron chi connectivity index (χ1n) is 7.98. The highest BCUT2D eigenvalue weighted by Gasteiger charge is 2.23. The average Bonchev–Trinajstić information content (AvgIpc) is 3.00. The van der Waals surface area contributed by atoms with Crippen LogP contribution in [0.5, 0.6) is 5.75 Å². The number of anilines is 1. The molecule has 7 nitrogen and oxygen atoms in total. The summed E-state index contributed by atoms with van der Waals surface area (Å²) in [5.74, 6) is -0.626. The lowest BCUT2D eigenvalue weighted by molar-refractivity contribution is -0.138. The van der Waals surface area contributed by atoms with Crippen LogP contribution in [0.1, 0.15) is 33.3 Å². The zero-order valence-electron chi connectivity index (χ0n) is 14.9. The Kier molecular flexibility index (Phi) is 6.97. The van der Waals surface area contributed by atoms with Crippen molar-refractivity contribution in [1.29, 1.82) is 5.26 Å². The fourth-order valence-electron chi connectivity index (χ4n) is 2.26. The molecular formula is C19H18N2O5S. The highest BCUT2D eigenvalue weighted by Crippen LogP contribution is 2.32. The molecule has 8 heteroatoms. The van der Waals surface area contributed by atoms with Crippen molar-refractivity contribution in [3.8, 4) is 11.8 Å². The number of nitrogen functional groups attached to an aromatic ring is 1. The standard InChI is InChI=1S/C19H18N2O5S/c1-3-25-19(23)17-14(13(10-20)18(21)27-17)11-26-16(22)9-8-12-6-4-5-7-15(12)24-2/h4-9H,3,11,21H2,1-2H3/b9-8+. The predicted molar refractivity (Wildman–Crippen MR) is 101 cm³/mol. The molecular weight excluding hydrogens is 368 g/mol. The highest BCUT2D eigenvalue weighted by atomic mass is 32.1. The number of esters is 2. The number of para-hydroxylation sites is 1. The average molecular weight is 386 g/mol. The van der Waals surface area contributed by atoms with Crippen LogP contribution in [0.15, 0.2) is 30.3 Å². The molecule has 1 aromatic heterocycles. The number of nitrogens with zero attached hydrogens (tertiary/aromatic N) is 1. The van der Waals surface area contributed by atoms with Gasteiger partial charge in [-0.25, -0.2) is 9.59 Å². The van der Waals surface area contributed by atoms with Gasteiger partial charge >= 0.3 is 11.9 Å². The summed E-state index contributed by atoms with van der Waals surface area (Å²) in [6.45, 7) is 1.58. The lowest BCUT2D eigenvalue weighted by Crippen LogP contribution is -2.08. The minimum Gasteiger partial charge on any atom is -0.496 e. The second-order valence-corrected chi connectivity index (χ2v) is 6.22. The van der Waals surface area contributed by atoms with Crippen molar-refractivity contribution in [2.75, 3.05) is 19.5 Å². The van der Waals surface area contributed by atoms with Crippen molar-refractivity contribution < 1.29 is 23.8 Å². The van der Waals surface area contributed by atoms with Crippen LogP contribution in [0.3, 0.4) is 0 Å². The van der Waals surface area contributed by atoms with Gasteiger partial charge in [-0.05, 0) is 19.1 Å². The second kappa shape index (κ2) is 9.40. The van der Waals surface area contributed by atoms with Gasteiger partial charge in [-0.2, -0.15) is 5.26 Å². The van der Waals surface area contributed by atoms with Crippen LogP contribution in [0.2, 0.25) is 0 Å². The molecule has 1 aromatic carbocycles. The first-order chi connectivity index (χ1) is 13.0. The molecule has 0 radical (unpaired) electrons. The number of hydrogen-bond acceptors (Lipinski definition) is 8. The molecule has 0 amide bonds. The van der Waals surface area contributed by atoms with Gasteiger partial charge in [0.2, 0.25) is 0 Å². The van der Waals surface area contributed by atoms with E-state index >= 15 is 0 Å². The topological polar surface area (TPSA) is 112 Å². The van der Waals surface area contributed by atoms with Gasteiger partial charge < -0.3 is 19.9 Å². The molecule has 0 spiro atoms. The van der Waals surface area contributed by atoms with Gasteiger partial charge in [0.1, 0.15) is 28.3 Å². The Morgan fingerprint density at radius 3 is 2.70 bits per heavy atom. The van der Waals surface area contributed by atoms with Crippen LogP contribution in [-0.2, 0) is 20.9 Å². The van der Waals surface area contributed by atoms with Crippen molar-refractivity contribution in [2.45, 2.75) is 13.5 Å². The third kappa shape index (κ3) is 4.86. The number of carbonyl (C=O) groups is 2. The Morgan fingerprint density at radius 1 is 1.30 bits per heavy atom. The number of nitrogens with two attached hydrogens (primary N) is 1. The Balaban J connectivity index is 2.14. The van der Waals surface area contributed by atoms with Crippen molar-refractivity contribution in [3.05, 3.63) is 51.9 Å². The van der Waals surface area contributed by atoms with E-state index in [4.69, 9.17) is 19.9 Å². The molecule has 0 saturated carbocycles. The van der Waals surface area contributed by atoms with E-state index in [0.29, 0.717) is 11.3 Å². The molecule has 0 atom stereocenters. The molecule has 27 heavy (non-hydrogen) atoms. The number of thiophene rings is 1. The van der Waals surface area contributed by atoms with Gasteiger partial charge in [-0.15, -0.1) is 11.3 Å². The van der Waals surface area contributed by atoms with Crippen LogP contribution in [0, 0.1) is 11.3 Å². The van der Waals surface area contributed by atoms with Gasteiger partial charge in [0.25, 0.3) is 0 Å². The van der Waals surface area contributed by atoms with Crippen LogP contribution in [0.25, 0.3) is 6.08 Å². The number of benzene rings is 1. The van der Waals surface area contributed by atoms with Crippen LogP contribution >= 0.6 is 11.3 Å². The van der Waals surface area contributed by atoms with E-state index in [1.165, 1.54) is 13.2 Å². The largest absolute Gasteiger partial charge is 0.496 e. The summed E-state index contributed by atoms with van der Waals surface area (Å²) in [7, 11) is 1.53. The zero-order chi connectivity index (χ0) is 19.8. The van der Waals surface area contributed by atoms with Crippen LogP contribution in [0.4, 0.5) is 5.00 Å². The lowest BCUT2D eigenvalue weighted by atomic mass is 10.1. The molecule has 2 aromatic rings. The van der Waals surface area contributed by atoms with Crippen LogP contribution in [-0.4, -0.2) is 25.7 Å². The highest BCUT2D eigenvalue weighted by molar-refractivity contribution is 7.18. The summed E-state index contributed by atoms with van der Waals surface area (Å²) in [5, 5.41) is 9.43. The summed E-state index contributed by atoms with van der Waals surface area (Å²) in [6, 6.07) is 9.11. The summed E-state index contributed by atoms with van der Waals surface area (Å²) in [5.41, 5.74) is 6.85. The monoisotopic (exact) mass is 386 g/mol. The maximum absolute atomic E-state index is 12.0. The SMILES string of the molecule is CCOC(=O)c1sc(N)c(C#N)c1COC(=O)/C=C/c1ccccc1OC. The van der Waals surface area contributed by atoms with E-state index in [1.807, 2.05) is 18.2 Å². The van der Waals surface area contributed by atoms with E-state index in [-0.39, 0.29) is 34.2 Å². The van der Waals surface area contributed by atoms with E-state index < -0.39 is 11.9 Å². The normalized spacial score (nSPS) is 10.4. The summed E-state index contributed by atoms with van der Waals surface area (Å²) < 4.78 is 15.3. The number of hydrogen-bond donors (Lipinski definition) is 1. The molecule has 0 aliphatic rings. The van der Waals surface area contributed by atoms with Crippen molar-refractivity contribution in [3.63, 3.8) is 0 Å². The maximum atomic E-state index is 12.0. The van der Waals surface area contributed by atoms with E-state index in [1.54, 1.807) is 25.1 Å². The molecule has 0 fully saturated rings. The summed E-state index contributed by atoms with van der Waals surface area (Å²) in [4.78, 5) is 24.2. The number of nitriles is 1. The first kappa shape index (κ1) is 20.0. The zero-order valence-corrected chi connectivity index (χ0v) is 15.7. The molecule has 0 unspecified atom stereocenters. The Morgan fingerprint density at radius 2 is 2.04 bits per heavy atom. The first-order valence-corrected chi connectivity index (χ1v) is 8.79. The maximum Gasteiger partial charge on any atom is 0.348 e. The lowest BCUT2D eigenvalue weighted by Gasteiger charge is -2.05. The van der Waals surface area contributed by atoms with E-state index in [0.717, 1.165) is 11.3 Å². The van der Waals surface area contributed by atoms with Crippen LogP contribution < -0.4 is 10.5 Å². The summed E-state index contributed by atoms with van der Waals surface area (Å²) >= 11 is 0.935. The molecule has 0 aliphatic carbocycles. The molecule has 2 rings (SSSR count). The Bertz CT molecular complexity index is 911. The molecule has 2 N–H and O–H groups in total. The van der Waals surface area contributed by atoms with Crippen molar-refractivity contribution in [2.24, 2.45) is 0 Å². The number of ether oxygens (including phenoxy) is 3. The molecule has 140 valence electrons. The van der Waals surface area contributed by atoms with Crippen molar-refractivity contribution >= 4 is 34.4 Å². The van der Waals surface area contributed by atoms with Gasteiger partial charge in [-0.1, -0.05) is 18.2 Å². The minimum atomic E-state index is -0.635. The minimum absolute atomic E-state index is 0.115. The second-order valence-electron chi connectivity index (χ2n) is 5.16. The fourth-order valence-corrected chi connectivity index (χ4v) is 3.18. The van der Waals surface area contributed by atoms with Gasteiger partial charge in [0.15, 0.2) is 0 Å². The van der Waals surface area contributed by atoms with Crippen molar-refractivity contribution in [1.82, 2.24) is 0 Å². The number of rotatable bonds is 7. The quantitative estimate of drug-likeness (QED) is 0.574. The van der Waals surface area contributed by atoms with Gasteiger partial charge in [-0.3, -0.25) is 0 Å². The molecule has 0 saturated heterocycles. The Labute approximate surface area is 160 Å². The molecule has 1 heterocycles. The Hall–Kier alpha value is -3.31. The third-order valence-electron chi connectivity index (χ3n) is 3.50. The number of carbonyl (C=O) groups excluding carboxylic acids is 2. The van der Waals surface area contributed by atoms with E-state index in [2.05, 4.69) is 0 Å². The molecule has 0 aliphatic heterocycles. The van der Waals surface area contributed by atoms with E-state index in [9.17, 15) is 14.9 Å². The summed E-state index contributed by atoms with van der Waals surface area (Å²) in [6.07, 6.45) is 2.80. The third-order valence-corrected chi connectivity index (χ3v) is 4.54. The van der Waals surface area contributed by atoms with Gasteiger partial charge in [0.05, 0.1) is 19.3 Å². The smallest absolute Gasteiger partial charge is 0.348 e. The fraction of sp³-hybridized carbons (Fsp3) is 0.211. The predicted octanol–water partition coefficient (Wildman–Crippen LogP) is 3.14. The number of methoxy groups -OCH3 is 1. The molecule has 0 bridgehead atoms. The van der Waals surface area contributed by atoms with Gasteiger partial charge in [0, 0.05) is 17.2 Å².